The number of nitrogens with one attached hydrogen (secondary N) is 2. The third kappa shape index (κ3) is 4.11. The van der Waals surface area contributed by atoms with Gasteiger partial charge in [0.2, 0.25) is 17.7 Å². The van der Waals surface area contributed by atoms with Crippen molar-refractivity contribution in [3.05, 3.63) is 72.1 Å². The Morgan fingerprint density at radius 1 is 1.16 bits per heavy atom. The van der Waals surface area contributed by atoms with Crippen molar-refractivity contribution in [2.45, 2.75) is 69.9 Å². The van der Waals surface area contributed by atoms with Crippen LogP contribution in [0.1, 0.15) is 43.7 Å². The molecule has 2 aromatic rings. The summed E-state index contributed by atoms with van der Waals surface area (Å²) in [6, 6.07) is 10.5. The second-order valence-corrected chi connectivity index (χ2v) is 11.3. The number of rotatable bonds is 6. The number of ether oxygens (including phenoxy) is 1. The van der Waals surface area contributed by atoms with Crippen molar-refractivity contribution in [1.82, 2.24) is 15.2 Å². The molecule has 4 aliphatic rings. The molecule has 4 heterocycles. The molecule has 0 unspecified atom stereocenters. The summed E-state index contributed by atoms with van der Waals surface area (Å²) in [6.45, 7) is 4.35. The molecular formula is C30H34N4O4. The average molecular weight is 515 g/mol. The Hall–Kier alpha value is -3.52. The molecule has 3 aliphatic heterocycles. The number of aryl methyl sites for hydroxylation is 1. The van der Waals surface area contributed by atoms with E-state index in [4.69, 9.17) is 4.74 Å². The number of carbonyl (C=O) groups excluding carboxylic acids is 3. The van der Waals surface area contributed by atoms with E-state index >= 15 is 0 Å². The molecule has 1 spiro atoms. The predicted molar refractivity (Wildman–Crippen MR) is 142 cm³/mol. The van der Waals surface area contributed by atoms with E-state index in [-0.39, 0.29) is 30.3 Å². The highest BCUT2D eigenvalue weighted by Gasteiger charge is 2.72. The van der Waals surface area contributed by atoms with Crippen LogP contribution in [0.25, 0.3) is 0 Å². The standard InChI is InChI=1S/C30H34N4O4/c1-18-7-5-10-21(15-18)32-27(35)24-23-12-13-30(38-23)25(24)29(37)34(17-20-9-6-14-31-16-20)26(30)28(36)33-22-11-4-3-8-19(22)2/h5-7,9-10,12-16,19,22-26H,3-4,8,11,17H2,1-2H3,(H,32,35)(H,33,36)/t19-,22-,23+,24-,25+,26+,30+/m0/s1. The molecular weight excluding hydrogens is 480 g/mol. The second-order valence-electron chi connectivity index (χ2n) is 11.3. The van der Waals surface area contributed by atoms with Crippen LogP contribution in [0.15, 0.2) is 60.9 Å². The molecule has 3 fully saturated rings. The van der Waals surface area contributed by atoms with E-state index in [0.29, 0.717) is 11.6 Å². The first-order valence-corrected chi connectivity index (χ1v) is 13.6. The van der Waals surface area contributed by atoms with Crippen LogP contribution in [-0.4, -0.2) is 51.4 Å². The lowest BCUT2D eigenvalue weighted by Gasteiger charge is -2.36. The largest absolute Gasteiger partial charge is 0.359 e. The molecule has 1 aliphatic carbocycles. The first kappa shape index (κ1) is 24.8. The molecule has 2 bridgehead atoms. The van der Waals surface area contributed by atoms with Crippen molar-refractivity contribution >= 4 is 23.4 Å². The van der Waals surface area contributed by atoms with Crippen molar-refractivity contribution in [3.63, 3.8) is 0 Å². The minimum atomic E-state index is -1.18. The predicted octanol–water partition coefficient (Wildman–Crippen LogP) is 3.37. The van der Waals surface area contributed by atoms with Crippen LogP contribution in [-0.2, 0) is 25.7 Å². The summed E-state index contributed by atoms with van der Waals surface area (Å²) in [4.78, 5) is 47.5. The van der Waals surface area contributed by atoms with Crippen LogP contribution in [0.4, 0.5) is 5.69 Å². The molecule has 38 heavy (non-hydrogen) atoms. The molecule has 1 saturated carbocycles. The lowest BCUT2D eigenvalue weighted by atomic mass is 9.74. The molecule has 7 atom stereocenters. The molecule has 2 N–H and O–H groups in total. The fourth-order valence-electron chi connectivity index (χ4n) is 6.87. The summed E-state index contributed by atoms with van der Waals surface area (Å²) in [5.41, 5.74) is 1.34. The van der Waals surface area contributed by atoms with Crippen LogP contribution in [0, 0.1) is 24.7 Å². The van der Waals surface area contributed by atoms with Gasteiger partial charge in [-0.1, -0.05) is 50.1 Å². The summed E-state index contributed by atoms with van der Waals surface area (Å²) >= 11 is 0. The van der Waals surface area contributed by atoms with Crippen LogP contribution < -0.4 is 10.6 Å². The van der Waals surface area contributed by atoms with Gasteiger partial charge in [-0.15, -0.1) is 0 Å². The normalized spacial score (nSPS) is 33.3. The molecule has 8 nitrogen and oxygen atoms in total. The first-order chi connectivity index (χ1) is 18.4. The third-order valence-electron chi connectivity index (χ3n) is 8.73. The first-order valence-electron chi connectivity index (χ1n) is 13.6. The number of aromatic nitrogens is 1. The van der Waals surface area contributed by atoms with E-state index in [2.05, 4.69) is 22.5 Å². The number of anilines is 1. The van der Waals surface area contributed by atoms with Crippen molar-refractivity contribution in [2.75, 3.05) is 5.32 Å². The zero-order valence-corrected chi connectivity index (χ0v) is 21.8. The van der Waals surface area contributed by atoms with E-state index in [1.165, 1.54) is 6.42 Å². The van der Waals surface area contributed by atoms with Gasteiger partial charge < -0.3 is 20.3 Å². The summed E-state index contributed by atoms with van der Waals surface area (Å²) in [6.07, 6.45) is 10.8. The molecule has 2 saturated heterocycles. The van der Waals surface area contributed by atoms with Gasteiger partial charge in [-0.3, -0.25) is 19.4 Å². The van der Waals surface area contributed by atoms with Gasteiger partial charge in [0, 0.05) is 30.7 Å². The third-order valence-corrected chi connectivity index (χ3v) is 8.73. The number of nitrogens with zero attached hydrogens (tertiary/aromatic N) is 2. The Kier molecular flexibility index (Phi) is 6.30. The summed E-state index contributed by atoms with van der Waals surface area (Å²) in [7, 11) is 0. The van der Waals surface area contributed by atoms with Gasteiger partial charge in [-0.25, -0.2) is 0 Å². The zero-order valence-electron chi connectivity index (χ0n) is 21.8. The smallest absolute Gasteiger partial charge is 0.246 e. The maximum absolute atomic E-state index is 14.1. The SMILES string of the molecule is Cc1cccc(NC(=O)[C@H]2[C@H]3C=C[C@@]4(O3)[C@H]2C(=O)N(Cc2cccnc2)[C@@H]4C(=O)N[C@H]2CCCC[C@@H]2C)c1. The summed E-state index contributed by atoms with van der Waals surface area (Å²) in [5.74, 6) is -1.85. The Balaban J connectivity index is 1.33. The molecule has 1 aromatic heterocycles. The Bertz CT molecular complexity index is 1280. The van der Waals surface area contributed by atoms with Gasteiger partial charge in [-0.05, 0) is 55.0 Å². The molecule has 1 aromatic carbocycles. The van der Waals surface area contributed by atoms with Crippen LogP contribution in [0.3, 0.4) is 0 Å². The van der Waals surface area contributed by atoms with Crippen LogP contribution in [0.5, 0.6) is 0 Å². The van der Waals surface area contributed by atoms with Crippen LogP contribution in [0.2, 0.25) is 0 Å². The van der Waals surface area contributed by atoms with Gasteiger partial charge in [0.05, 0.1) is 17.9 Å². The van der Waals surface area contributed by atoms with Crippen LogP contribution >= 0.6 is 0 Å². The number of carbonyl (C=O) groups is 3. The maximum atomic E-state index is 14.1. The number of hydrogen-bond donors (Lipinski definition) is 2. The van der Waals surface area contributed by atoms with Crippen molar-refractivity contribution < 1.29 is 19.1 Å². The number of likely N-dealkylation sites (tertiary alicyclic amines) is 1. The monoisotopic (exact) mass is 514 g/mol. The van der Waals surface area contributed by atoms with Gasteiger partial charge in [-0.2, -0.15) is 0 Å². The van der Waals surface area contributed by atoms with Gasteiger partial charge in [0.15, 0.2) is 0 Å². The lowest BCUT2D eigenvalue weighted by Crippen LogP contribution is -2.57. The van der Waals surface area contributed by atoms with E-state index < -0.39 is 29.6 Å². The topological polar surface area (TPSA) is 101 Å². The van der Waals surface area contributed by atoms with E-state index in [9.17, 15) is 14.4 Å². The highest BCUT2D eigenvalue weighted by molar-refractivity contribution is 6.02. The zero-order chi connectivity index (χ0) is 26.4. The number of benzene rings is 1. The average Bonchev–Trinajstić information content (AvgIpc) is 3.54. The van der Waals surface area contributed by atoms with E-state index in [1.54, 1.807) is 17.3 Å². The molecule has 198 valence electrons. The number of pyridine rings is 1. The maximum Gasteiger partial charge on any atom is 0.246 e. The van der Waals surface area contributed by atoms with Gasteiger partial charge in [0.1, 0.15) is 11.6 Å². The van der Waals surface area contributed by atoms with Crippen molar-refractivity contribution in [2.24, 2.45) is 17.8 Å². The van der Waals surface area contributed by atoms with E-state index in [1.807, 2.05) is 55.5 Å². The van der Waals surface area contributed by atoms with Gasteiger partial charge in [0.25, 0.3) is 0 Å². The number of fused-ring (bicyclic) bond motifs is 1. The Labute approximate surface area is 222 Å². The van der Waals surface area contributed by atoms with Crippen molar-refractivity contribution in [1.29, 1.82) is 0 Å². The Morgan fingerprint density at radius 3 is 2.76 bits per heavy atom. The minimum absolute atomic E-state index is 0.0602. The molecule has 3 amide bonds. The highest BCUT2D eigenvalue weighted by atomic mass is 16.5. The fourth-order valence-corrected chi connectivity index (χ4v) is 6.87. The highest BCUT2D eigenvalue weighted by Crippen LogP contribution is 2.55. The summed E-state index contributed by atoms with van der Waals surface area (Å²) < 4.78 is 6.46. The van der Waals surface area contributed by atoms with Gasteiger partial charge >= 0.3 is 0 Å². The van der Waals surface area contributed by atoms with E-state index in [0.717, 1.165) is 30.4 Å². The lowest BCUT2D eigenvalue weighted by molar-refractivity contribution is -0.142. The molecule has 0 radical (unpaired) electrons. The quantitative estimate of drug-likeness (QED) is 0.576. The number of amides is 3. The number of hydrogen-bond acceptors (Lipinski definition) is 5. The molecule has 8 heteroatoms. The second kappa shape index (κ2) is 9.66. The summed E-state index contributed by atoms with van der Waals surface area (Å²) in [5, 5.41) is 6.25. The molecule has 6 rings (SSSR count). The van der Waals surface area contributed by atoms with Crippen molar-refractivity contribution in [3.8, 4) is 0 Å². The Morgan fingerprint density at radius 2 is 2.00 bits per heavy atom. The fraction of sp³-hybridized carbons (Fsp3) is 0.467. The minimum Gasteiger partial charge on any atom is -0.359 e.